The average Bonchev–Trinajstić information content (AvgIpc) is 2.82. The predicted molar refractivity (Wildman–Crippen MR) is 96.5 cm³/mol. The van der Waals surface area contributed by atoms with E-state index in [1.54, 1.807) is 0 Å². The zero-order valence-electron chi connectivity index (χ0n) is 14.7. The molecule has 0 bridgehead atoms. The molecule has 3 aromatic rings. The first-order chi connectivity index (χ1) is 11.4. The van der Waals surface area contributed by atoms with Crippen LogP contribution in [0.4, 0.5) is 5.69 Å². The molecule has 1 N–H and O–H groups in total. The first-order valence-electron chi connectivity index (χ1n) is 8.12. The molecule has 3 rings (SSSR count). The number of nitrogens with one attached hydrogen (secondary N) is 1. The molecule has 1 aromatic carbocycles. The van der Waals surface area contributed by atoms with Gasteiger partial charge in [0.25, 0.3) is 5.91 Å². The SMILES string of the molecule is Cc1cc(C(=O)Nc2c(C)nn(C(C)C)c2C)c2ccccc2n1. The first-order valence-corrected chi connectivity index (χ1v) is 8.12. The number of amides is 1. The number of hydrogen-bond acceptors (Lipinski definition) is 3. The number of pyridine rings is 1. The van der Waals surface area contributed by atoms with E-state index in [2.05, 4.69) is 29.2 Å². The molecule has 5 heteroatoms. The molecule has 0 aliphatic carbocycles. The van der Waals surface area contributed by atoms with Crippen LogP contribution in [0.25, 0.3) is 10.9 Å². The Hall–Kier alpha value is -2.69. The van der Waals surface area contributed by atoms with E-state index in [0.717, 1.165) is 33.7 Å². The first kappa shape index (κ1) is 16.2. The number of rotatable bonds is 3. The second-order valence-electron chi connectivity index (χ2n) is 6.37. The van der Waals surface area contributed by atoms with E-state index < -0.39 is 0 Å². The zero-order chi connectivity index (χ0) is 17.4. The van der Waals surface area contributed by atoms with Crippen molar-refractivity contribution in [1.82, 2.24) is 14.8 Å². The molecule has 5 nitrogen and oxygen atoms in total. The third-order valence-electron chi connectivity index (χ3n) is 4.14. The number of anilines is 1. The van der Waals surface area contributed by atoms with Gasteiger partial charge in [-0.3, -0.25) is 14.5 Å². The molecule has 0 fully saturated rings. The fourth-order valence-corrected chi connectivity index (χ4v) is 3.02. The number of carbonyl (C=O) groups excluding carboxylic acids is 1. The third kappa shape index (κ3) is 2.77. The minimum atomic E-state index is -0.133. The summed E-state index contributed by atoms with van der Waals surface area (Å²) in [5.41, 5.74) is 4.86. The number of benzene rings is 1. The van der Waals surface area contributed by atoms with E-state index >= 15 is 0 Å². The van der Waals surface area contributed by atoms with Crippen molar-refractivity contribution >= 4 is 22.5 Å². The fourth-order valence-electron chi connectivity index (χ4n) is 3.02. The van der Waals surface area contributed by atoms with Crippen LogP contribution >= 0.6 is 0 Å². The summed E-state index contributed by atoms with van der Waals surface area (Å²) in [6.07, 6.45) is 0. The smallest absolute Gasteiger partial charge is 0.256 e. The monoisotopic (exact) mass is 322 g/mol. The second kappa shape index (κ2) is 6.07. The molecule has 0 saturated heterocycles. The summed E-state index contributed by atoms with van der Waals surface area (Å²) in [5.74, 6) is -0.133. The average molecular weight is 322 g/mol. The maximum Gasteiger partial charge on any atom is 0.256 e. The summed E-state index contributed by atoms with van der Waals surface area (Å²) < 4.78 is 1.93. The van der Waals surface area contributed by atoms with E-state index in [1.165, 1.54) is 0 Å². The molecule has 0 radical (unpaired) electrons. The number of fused-ring (bicyclic) bond motifs is 1. The lowest BCUT2D eigenvalue weighted by Crippen LogP contribution is -2.14. The van der Waals surface area contributed by atoms with Gasteiger partial charge >= 0.3 is 0 Å². The number of para-hydroxylation sites is 1. The molecule has 24 heavy (non-hydrogen) atoms. The van der Waals surface area contributed by atoms with Gasteiger partial charge < -0.3 is 5.32 Å². The van der Waals surface area contributed by atoms with Gasteiger partial charge in [0.2, 0.25) is 0 Å². The van der Waals surface area contributed by atoms with Crippen molar-refractivity contribution in [1.29, 1.82) is 0 Å². The van der Waals surface area contributed by atoms with Gasteiger partial charge in [-0.2, -0.15) is 5.10 Å². The Morgan fingerprint density at radius 3 is 2.54 bits per heavy atom. The van der Waals surface area contributed by atoms with Crippen molar-refractivity contribution in [3.63, 3.8) is 0 Å². The molecule has 0 unspecified atom stereocenters. The summed E-state index contributed by atoms with van der Waals surface area (Å²) in [7, 11) is 0. The summed E-state index contributed by atoms with van der Waals surface area (Å²) in [6.45, 7) is 9.94. The van der Waals surface area contributed by atoms with Crippen LogP contribution in [0, 0.1) is 20.8 Å². The van der Waals surface area contributed by atoms with E-state index in [-0.39, 0.29) is 11.9 Å². The van der Waals surface area contributed by atoms with Crippen LogP contribution in [-0.4, -0.2) is 20.7 Å². The predicted octanol–water partition coefficient (Wildman–Crippen LogP) is 4.19. The molecule has 124 valence electrons. The van der Waals surface area contributed by atoms with Crippen LogP contribution in [0.1, 0.15) is 47.3 Å². The lowest BCUT2D eigenvalue weighted by atomic mass is 10.1. The van der Waals surface area contributed by atoms with E-state index in [1.807, 2.05) is 55.8 Å². The van der Waals surface area contributed by atoms with Gasteiger partial charge in [0.1, 0.15) is 0 Å². The Morgan fingerprint density at radius 1 is 1.17 bits per heavy atom. The third-order valence-corrected chi connectivity index (χ3v) is 4.14. The van der Waals surface area contributed by atoms with Gasteiger partial charge in [-0.1, -0.05) is 18.2 Å². The summed E-state index contributed by atoms with van der Waals surface area (Å²) in [5, 5.41) is 8.42. The summed E-state index contributed by atoms with van der Waals surface area (Å²) in [6, 6.07) is 9.77. The van der Waals surface area contributed by atoms with Gasteiger partial charge in [-0.25, -0.2) is 0 Å². The van der Waals surface area contributed by atoms with Crippen LogP contribution in [0.5, 0.6) is 0 Å². The number of aryl methyl sites for hydroxylation is 2. The van der Waals surface area contributed by atoms with Crippen molar-refractivity contribution in [2.75, 3.05) is 5.32 Å². The molecular weight excluding hydrogens is 300 g/mol. The molecule has 0 aliphatic heterocycles. The molecule has 0 spiro atoms. The van der Waals surface area contributed by atoms with Crippen molar-refractivity contribution in [3.05, 3.63) is 53.0 Å². The molecular formula is C19H22N4O. The quantitative estimate of drug-likeness (QED) is 0.786. The van der Waals surface area contributed by atoms with Gasteiger partial charge in [0.15, 0.2) is 0 Å². The molecule has 0 aliphatic rings. The fraction of sp³-hybridized carbons (Fsp3) is 0.316. The van der Waals surface area contributed by atoms with Crippen molar-refractivity contribution < 1.29 is 4.79 Å². The number of carbonyl (C=O) groups is 1. The van der Waals surface area contributed by atoms with Gasteiger partial charge in [-0.05, 0) is 46.8 Å². The minimum absolute atomic E-state index is 0.133. The summed E-state index contributed by atoms with van der Waals surface area (Å²) in [4.78, 5) is 17.4. The van der Waals surface area contributed by atoms with E-state index in [9.17, 15) is 4.79 Å². The minimum Gasteiger partial charge on any atom is -0.319 e. The Bertz CT molecular complexity index is 925. The van der Waals surface area contributed by atoms with Gasteiger partial charge in [-0.15, -0.1) is 0 Å². The number of nitrogens with zero attached hydrogens (tertiary/aromatic N) is 3. The van der Waals surface area contributed by atoms with Crippen LogP contribution in [0.3, 0.4) is 0 Å². The Kier molecular flexibility index (Phi) is 4.09. The highest BCUT2D eigenvalue weighted by atomic mass is 16.1. The molecule has 0 saturated carbocycles. The van der Waals surface area contributed by atoms with Gasteiger partial charge in [0, 0.05) is 17.1 Å². The number of hydrogen-bond donors (Lipinski definition) is 1. The Morgan fingerprint density at radius 2 is 1.88 bits per heavy atom. The molecule has 2 heterocycles. The highest BCUT2D eigenvalue weighted by Gasteiger charge is 2.18. The normalized spacial score (nSPS) is 11.2. The second-order valence-corrected chi connectivity index (χ2v) is 6.37. The van der Waals surface area contributed by atoms with Crippen molar-refractivity contribution in [2.24, 2.45) is 0 Å². The molecule has 0 atom stereocenters. The number of aromatic nitrogens is 3. The highest BCUT2D eigenvalue weighted by Crippen LogP contribution is 2.25. The molecule has 2 aromatic heterocycles. The standard InChI is InChI=1S/C19H22N4O/c1-11(2)23-14(5)18(13(4)22-23)21-19(24)16-10-12(3)20-17-9-7-6-8-15(16)17/h6-11H,1-5H3,(H,21,24). The highest BCUT2D eigenvalue weighted by molar-refractivity contribution is 6.12. The van der Waals surface area contributed by atoms with Crippen molar-refractivity contribution in [2.45, 2.75) is 40.7 Å². The maximum atomic E-state index is 12.9. The maximum absolute atomic E-state index is 12.9. The lowest BCUT2D eigenvalue weighted by Gasteiger charge is -2.11. The topological polar surface area (TPSA) is 59.8 Å². The molecule has 1 amide bonds. The van der Waals surface area contributed by atoms with Crippen molar-refractivity contribution in [3.8, 4) is 0 Å². The lowest BCUT2D eigenvalue weighted by molar-refractivity contribution is 0.102. The van der Waals surface area contributed by atoms with Gasteiger partial charge in [0.05, 0.1) is 28.2 Å². The van der Waals surface area contributed by atoms with Crippen LogP contribution < -0.4 is 5.32 Å². The summed E-state index contributed by atoms with van der Waals surface area (Å²) >= 11 is 0. The van der Waals surface area contributed by atoms with Crippen LogP contribution in [-0.2, 0) is 0 Å². The van der Waals surface area contributed by atoms with Crippen LogP contribution in [0.15, 0.2) is 30.3 Å². The Labute approximate surface area is 141 Å². The van der Waals surface area contributed by atoms with Crippen LogP contribution in [0.2, 0.25) is 0 Å². The zero-order valence-corrected chi connectivity index (χ0v) is 14.7. The van der Waals surface area contributed by atoms with E-state index in [0.29, 0.717) is 5.56 Å². The Balaban J connectivity index is 2.03. The largest absolute Gasteiger partial charge is 0.319 e. The van der Waals surface area contributed by atoms with E-state index in [4.69, 9.17) is 0 Å².